The van der Waals surface area contributed by atoms with Crippen LogP contribution >= 0.6 is 0 Å². The largest absolute Gasteiger partial charge is 0.494 e. The summed E-state index contributed by atoms with van der Waals surface area (Å²) in [6.07, 6.45) is 4.89. The van der Waals surface area contributed by atoms with E-state index in [1.54, 1.807) is 0 Å². The van der Waals surface area contributed by atoms with Gasteiger partial charge in [-0.2, -0.15) is 0 Å². The van der Waals surface area contributed by atoms with Gasteiger partial charge in [-0.15, -0.1) is 0 Å². The number of ether oxygens (including phenoxy) is 1. The zero-order valence-electron chi connectivity index (χ0n) is 17.0. The SMILES string of the molecule is CC1(C)C=C2C(CCOC2c2cccc(B3OC(C)(C)C(C)(C)O3)c2)C1. The van der Waals surface area contributed by atoms with Crippen LogP contribution < -0.4 is 5.46 Å². The molecular formula is C22H31BO3. The van der Waals surface area contributed by atoms with Gasteiger partial charge in [0.15, 0.2) is 0 Å². The van der Waals surface area contributed by atoms with Crippen LogP contribution in [0.5, 0.6) is 0 Å². The van der Waals surface area contributed by atoms with E-state index in [-0.39, 0.29) is 29.8 Å². The summed E-state index contributed by atoms with van der Waals surface area (Å²) in [6.45, 7) is 13.9. The Labute approximate surface area is 158 Å². The number of rotatable bonds is 2. The van der Waals surface area contributed by atoms with Crippen molar-refractivity contribution in [2.75, 3.05) is 6.61 Å². The summed E-state index contributed by atoms with van der Waals surface area (Å²) < 4.78 is 18.7. The number of benzene rings is 1. The summed E-state index contributed by atoms with van der Waals surface area (Å²) >= 11 is 0. The Morgan fingerprint density at radius 1 is 1.00 bits per heavy atom. The smallest absolute Gasteiger partial charge is 0.399 e. The van der Waals surface area contributed by atoms with E-state index in [1.165, 1.54) is 17.6 Å². The van der Waals surface area contributed by atoms with E-state index < -0.39 is 0 Å². The van der Waals surface area contributed by atoms with Crippen LogP contribution in [0, 0.1) is 11.3 Å². The average Bonchev–Trinajstić information content (AvgIpc) is 2.98. The highest BCUT2D eigenvalue weighted by Crippen LogP contribution is 2.49. The molecule has 0 radical (unpaired) electrons. The van der Waals surface area contributed by atoms with E-state index in [0.717, 1.165) is 18.5 Å². The minimum absolute atomic E-state index is 0.0675. The summed E-state index contributed by atoms with van der Waals surface area (Å²) in [5.74, 6) is 0.657. The van der Waals surface area contributed by atoms with Crippen LogP contribution in [0.15, 0.2) is 35.9 Å². The third-order valence-corrected chi connectivity index (χ3v) is 6.59. The van der Waals surface area contributed by atoms with Gasteiger partial charge in [0, 0.05) is 6.61 Å². The Morgan fingerprint density at radius 3 is 2.38 bits per heavy atom. The van der Waals surface area contributed by atoms with E-state index in [1.807, 2.05) is 0 Å². The topological polar surface area (TPSA) is 27.7 Å². The van der Waals surface area contributed by atoms with Crippen LogP contribution in [-0.4, -0.2) is 24.9 Å². The van der Waals surface area contributed by atoms with Gasteiger partial charge in [-0.05, 0) is 68.5 Å². The van der Waals surface area contributed by atoms with Crippen LogP contribution in [0.4, 0.5) is 0 Å². The van der Waals surface area contributed by atoms with Crippen LogP contribution in [0.3, 0.4) is 0 Å². The van der Waals surface area contributed by atoms with Gasteiger partial charge in [0.05, 0.1) is 11.2 Å². The average molecular weight is 354 g/mol. The van der Waals surface area contributed by atoms with Gasteiger partial charge >= 0.3 is 7.12 Å². The quantitative estimate of drug-likeness (QED) is 0.581. The maximum Gasteiger partial charge on any atom is 0.494 e. The minimum Gasteiger partial charge on any atom is -0.399 e. The molecule has 2 heterocycles. The molecule has 3 nitrogen and oxygen atoms in total. The normalized spacial score (nSPS) is 31.6. The van der Waals surface area contributed by atoms with Crippen molar-refractivity contribution in [3.63, 3.8) is 0 Å². The minimum atomic E-state index is -0.326. The highest BCUT2D eigenvalue weighted by molar-refractivity contribution is 6.62. The van der Waals surface area contributed by atoms with Crippen molar-refractivity contribution < 1.29 is 14.0 Å². The fourth-order valence-corrected chi connectivity index (χ4v) is 4.50. The standard InChI is InChI=1S/C22H31BO3/c1-20(2)13-16-10-11-24-19(18(16)14-20)15-8-7-9-17(12-15)23-25-21(3,4)22(5,6)26-23/h7-9,12,14,16,19H,10-11,13H2,1-6H3. The molecule has 0 spiro atoms. The van der Waals surface area contributed by atoms with Crippen LogP contribution in [0.2, 0.25) is 0 Å². The molecule has 2 fully saturated rings. The molecule has 140 valence electrons. The first-order chi connectivity index (χ1) is 12.1. The second-order valence-electron chi connectivity index (χ2n) is 9.83. The second kappa shape index (κ2) is 5.95. The Balaban J connectivity index is 1.63. The van der Waals surface area contributed by atoms with Crippen LogP contribution in [0.25, 0.3) is 0 Å². The monoisotopic (exact) mass is 354 g/mol. The molecule has 0 aromatic heterocycles. The van der Waals surface area contributed by atoms with Gasteiger partial charge in [0.1, 0.15) is 6.10 Å². The summed E-state index contributed by atoms with van der Waals surface area (Å²) in [4.78, 5) is 0. The van der Waals surface area contributed by atoms with Gasteiger partial charge in [-0.25, -0.2) is 0 Å². The molecule has 2 atom stereocenters. The molecule has 1 aromatic carbocycles. The molecule has 0 amide bonds. The summed E-state index contributed by atoms with van der Waals surface area (Å²) in [7, 11) is -0.326. The van der Waals surface area contributed by atoms with E-state index in [2.05, 4.69) is 71.9 Å². The van der Waals surface area contributed by atoms with Crippen molar-refractivity contribution in [1.82, 2.24) is 0 Å². The molecular weight excluding hydrogens is 323 g/mol. The zero-order chi connectivity index (χ0) is 18.7. The summed E-state index contributed by atoms with van der Waals surface area (Å²) in [5.41, 5.74) is 3.38. The van der Waals surface area contributed by atoms with E-state index >= 15 is 0 Å². The number of allylic oxidation sites excluding steroid dienone is 1. The second-order valence-corrected chi connectivity index (χ2v) is 9.83. The number of fused-ring (bicyclic) bond motifs is 1. The molecule has 4 rings (SSSR count). The Hall–Kier alpha value is -1.10. The van der Waals surface area contributed by atoms with Crippen molar-refractivity contribution in [3.8, 4) is 0 Å². The van der Waals surface area contributed by atoms with Gasteiger partial charge in [0.25, 0.3) is 0 Å². The predicted molar refractivity (Wildman–Crippen MR) is 105 cm³/mol. The van der Waals surface area contributed by atoms with Crippen molar-refractivity contribution in [3.05, 3.63) is 41.5 Å². The Kier molecular flexibility index (Phi) is 4.18. The molecule has 0 bridgehead atoms. The predicted octanol–water partition coefficient (Wildman–Crippen LogP) is 4.42. The lowest BCUT2D eigenvalue weighted by Crippen LogP contribution is -2.41. The van der Waals surface area contributed by atoms with E-state index in [9.17, 15) is 0 Å². The van der Waals surface area contributed by atoms with Crippen LogP contribution in [-0.2, 0) is 14.0 Å². The molecule has 2 aliphatic heterocycles. The first-order valence-electron chi connectivity index (χ1n) is 9.88. The van der Waals surface area contributed by atoms with Crippen molar-refractivity contribution in [1.29, 1.82) is 0 Å². The van der Waals surface area contributed by atoms with Gasteiger partial charge in [0.2, 0.25) is 0 Å². The summed E-state index contributed by atoms with van der Waals surface area (Å²) in [6, 6.07) is 8.58. The molecule has 2 unspecified atom stereocenters. The lowest BCUT2D eigenvalue weighted by molar-refractivity contribution is 0.00578. The van der Waals surface area contributed by atoms with E-state index in [4.69, 9.17) is 14.0 Å². The first kappa shape index (κ1) is 18.3. The Morgan fingerprint density at radius 2 is 1.69 bits per heavy atom. The third kappa shape index (κ3) is 3.06. The fourth-order valence-electron chi connectivity index (χ4n) is 4.50. The maximum atomic E-state index is 6.23. The van der Waals surface area contributed by atoms with Gasteiger partial charge < -0.3 is 14.0 Å². The Bertz CT molecular complexity index is 719. The first-order valence-corrected chi connectivity index (χ1v) is 9.88. The van der Waals surface area contributed by atoms with Crippen molar-refractivity contribution in [2.45, 2.75) is 71.7 Å². The molecule has 0 saturated carbocycles. The molecule has 1 aliphatic carbocycles. The lowest BCUT2D eigenvalue weighted by atomic mass is 9.77. The zero-order valence-corrected chi connectivity index (χ0v) is 17.0. The molecule has 26 heavy (non-hydrogen) atoms. The summed E-state index contributed by atoms with van der Waals surface area (Å²) in [5, 5.41) is 0. The molecule has 4 heteroatoms. The third-order valence-electron chi connectivity index (χ3n) is 6.59. The highest BCUT2D eigenvalue weighted by atomic mass is 16.7. The fraction of sp³-hybridized carbons (Fsp3) is 0.636. The van der Waals surface area contributed by atoms with E-state index in [0.29, 0.717) is 5.92 Å². The number of hydrogen-bond donors (Lipinski definition) is 0. The highest BCUT2D eigenvalue weighted by Gasteiger charge is 2.51. The van der Waals surface area contributed by atoms with Crippen molar-refractivity contribution >= 4 is 12.6 Å². The van der Waals surface area contributed by atoms with Crippen molar-refractivity contribution in [2.24, 2.45) is 11.3 Å². The lowest BCUT2D eigenvalue weighted by Gasteiger charge is -2.32. The van der Waals surface area contributed by atoms with Crippen LogP contribution in [0.1, 0.15) is 66.1 Å². The van der Waals surface area contributed by atoms with Gasteiger partial charge in [-0.1, -0.05) is 44.2 Å². The maximum absolute atomic E-state index is 6.23. The molecule has 0 N–H and O–H groups in total. The van der Waals surface area contributed by atoms with Gasteiger partial charge in [-0.3, -0.25) is 0 Å². The molecule has 3 aliphatic rings. The molecule has 1 aromatic rings. The number of hydrogen-bond acceptors (Lipinski definition) is 3. The molecule has 2 saturated heterocycles.